The van der Waals surface area contributed by atoms with Crippen molar-refractivity contribution in [1.29, 1.82) is 5.26 Å². The van der Waals surface area contributed by atoms with Crippen LogP contribution in [0.5, 0.6) is 11.5 Å². The molecule has 1 aliphatic heterocycles. The molecule has 0 radical (unpaired) electrons. The fourth-order valence-electron chi connectivity index (χ4n) is 2.26. The predicted octanol–water partition coefficient (Wildman–Crippen LogP) is 3.80. The van der Waals surface area contributed by atoms with Crippen molar-refractivity contribution in [2.75, 3.05) is 18.5 Å². The molecule has 5 nitrogen and oxygen atoms in total. The average molecular weight is 359 g/mol. The van der Waals surface area contributed by atoms with Crippen molar-refractivity contribution in [2.24, 2.45) is 0 Å². The van der Waals surface area contributed by atoms with Gasteiger partial charge in [-0.3, -0.25) is 4.79 Å². The number of hydrogen-bond donors (Lipinski definition) is 1. The number of nitriles is 1. The van der Waals surface area contributed by atoms with E-state index in [1.165, 1.54) is 18.2 Å². The number of benzene rings is 2. The molecule has 0 aliphatic carbocycles. The summed E-state index contributed by atoms with van der Waals surface area (Å²) < 4.78 is 24.7. The third kappa shape index (κ3) is 3.73. The number of hydrogen-bond acceptors (Lipinski definition) is 4. The van der Waals surface area contributed by atoms with Gasteiger partial charge in [0.25, 0.3) is 5.91 Å². The van der Waals surface area contributed by atoms with Crippen LogP contribution in [0, 0.1) is 17.1 Å². The Morgan fingerprint density at radius 2 is 2.00 bits per heavy atom. The highest BCUT2D eigenvalue weighted by atomic mass is 35.5. The van der Waals surface area contributed by atoms with Crippen LogP contribution in [0.25, 0.3) is 6.08 Å². The lowest BCUT2D eigenvalue weighted by Gasteiger charge is -2.18. The zero-order valence-corrected chi connectivity index (χ0v) is 13.6. The van der Waals surface area contributed by atoms with E-state index < -0.39 is 11.7 Å². The topological polar surface area (TPSA) is 71.4 Å². The van der Waals surface area contributed by atoms with Gasteiger partial charge in [-0.2, -0.15) is 5.26 Å². The van der Waals surface area contributed by atoms with Gasteiger partial charge in [-0.05, 0) is 30.3 Å². The smallest absolute Gasteiger partial charge is 0.266 e. The largest absolute Gasteiger partial charge is 0.486 e. The standard InChI is InChI=1S/C18H12ClFN2O3/c19-14-2-1-3-15(20)13(14)8-11(10-21)18(23)22-12-4-5-16-17(9-12)25-7-6-24-16/h1-5,8-9H,6-7H2,(H,22,23)/b11-8-. The van der Waals surface area contributed by atoms with Crippen LogP contribution in [0.3, 0.4) is 0 Å². The summed E-state index contributed by atoms with van der Waals surface area (Å²) in [5.74, 6) is -0.215. The Balaban J connectivity index is 1.84. The lowest BCUT2D eigenvalue weighted by Crippen LogP contribution is -2.17. The quantitative estimate of drug-likeness (QED) is 0.669. The minimum absolute atomic E-state index is 0.0157. The Hall–Kier alpha value is -3.04. The fraction of sp³-hybridized carbons (Fsp3) is 0.111. The minimum Gasteiger partial charge on any atom is -0.486 e. The molecule has 1 N–H and O–H groups in total. The Kier molecular flexibility index (Phi) is 4.87. The summed E-state index contributed by atoms with van der Waals surface area (Å²) in [4.78, 5) is 12.3. The summed E-state index contributed by atoms with van der Waals surface area (Å²) in [6.45, 7) is 0.878. The Bertz CT molecular complexity index is 885. The summed E-state index contributed by atoms with van der Waals surface area (Å²) in [5, 5.41) is 11.9. The number of ether oxygens (including phenoxy) is 2. The number of carbonyl (C=O) groups excluding carboxylic acids is 1. The van der Waals surface area contributed by atoms with E-state index in [4.69, 9.17) is 21.1 Å². The van der Waals surface area contributed by atoms with Gasteiger partial charge in [-0.1, -0.05) is 17.7 Å². The number of amides is 1. The SMILES string of the molecule is N#C/C(=C/c1c(F)cccc1Cl)C(=O)Nc1ccc2c(c1)OCCO2. The number of anilines is 1. The monoisotopic (exact) mass is 358 g/mol. The van der Waals surface area contributed by atoms with Gasteiger partial charge in [0.1, 0.15) is 30.7 Å². The molecule has 1 aliphatic rings. The number of nitrogens with one attached hydrogen (secondary N) is 1. The van der Waals surface area contributed by atoms with E-state index in [9.17, 15) is 14.4 Å². The van der Waals surface area contributed by atoms with E-state index in [-0.39, 0.29) is 16.2 Å². The third-order valence-corrected chi connectivity index (χ3v) is 3.78. The summed E-state index contributed by atoms with van der Waals surface area (Å²) in [6, 6.07) is 10.7. The fourth-order valence-corrected chi connectivity index (χ4v) is 2.48. The molecule has 0 atom stereocenters. The van der Waals surface area contributed by atoms with Crippen LogP contribution in [0.2, 0.25) is 5.02 Å². The molecule has 2 aromatic rings. The first-order chi connectivity index (χ1) is 12.1. The molecule has 3 rings (SSSR count). The molecule has 0 unspecified atom stereocenters. The molecule has 126 valence electrons. The minimum atomic E-state index is -0.682. The normalized spacial score (nSPS) is 13.1. The first-order valence-corrected chi connectivity index (χ1v) is 7.73. The zero-order chi connectivity index (χ0) is 17.8. The van der Waals surface area contributed by atoms with Crippen molar-refractivity contribution in [3.05, 3.63) is 58.4 Å². The molecule has 0 spiro atoms. The molecule has 0 aromatic heterocycles. The molecular weight excluding hydrogens is 347 g/mol. The van der Waals surface area contributed by atoms with E-state index in [1.54, 1.807) is 24.3 Å². The van der Waals surface area contributed by atoms with Crippen LogP contribution < -0.4 is 14.8 Å². The highest BCUT2D eigenvalue weighted by Gasteiger charge is 2.15. The summed E-state index contributed by atoms with van der Waals surface area (Å²) in [7, 11) is 0. The number of rotatable bonds is 3. The maximum atomic E-state index is 13.8. The molecule has 0 bridgehead atoms. The van der Waals surface area contributed by atoms with Crippen LogP contribution in [0.1, 0.15) is 5.56 Å². The van der Waals surface area contributed by atoms with E-state index in [1.807, 2.05) is 0 Å². The highest BCUT2D eigenvalue weighted by Crippen LogP contribution is 2.32. The van der Waals surface area contributed by atoms with Gasteiger partial charge in [0.2, 0.25) is 0 Å². The van der Waals surface area contributed by atoms with Gasteiger partial charge in [-0.25, -0.2) is 4.39 Å². The maximum absolute atomic E-state index is 13.8. The molecule has 25 heavy (non-hydrogen) atoms. The van der Waals surface area contributed by atoms with E-state index in [0.29, 0.717) is 30.4 Å². The molecule has 2 aromatic carbocycles. The number of carbonyl (C=O) groups is 1. The van der Waals surface area contributed by atoms with Gasteiger partial charge < -0.3 is 14.8 Å². The van der Waals surface area contributed by atoms with Crippen molar-refractivity contribution >= 4 is 29.3 Å². The molecule has 1 heterocycles. The maximum Gasteiger partial charge on any atom is 0.266 e. The van der Waals surface area contributed by atoms with Crippen LogP contribution in [0.4, 0.5) is 10.1 Å². The zero-order valence-electron chi connectivity index (χ0n) is 12.9. The van der Waals surface area contributed by atoms with Crippen molar-refractivity contribution < 1.29 is 18.7 Å². The molecule has 1 amide bonds. The van der Waals surface area contributed by atoms with Gasteiger partial charge >= 0.3 is 0 Å². The second-order valence-corrected chi connectivity index (χ2v) is 5.52. The highest BCUT2D eigenvalue weighted by molar-refractivity contribution is 6.32. The van der Waals surface area contributed by atoms with Crippen molar-refractivity contribution in [1.82, 2.24) is 0 Å². The van der Waals surface area contributed by atoms with Crippen molar-refractivity contribution in [3.63, 3.8) is 0 Å². The van der Waals surface area contributed by atoms with Crippen LogP contribution in [-0.2, 0) is 4.79 Å². The summed E-state index contributed by atoms with van der Waals surface area (Å²) >= 11 is 5.92. The number of fused-ring (bicyclic) bond motifs is 1. The summed E-state index contributed by atoms with van der Waals surface area (Å²) in [6.07, 6.45) is 1.12. The van der Waals surface area contributed by atoms with Crippen LogP contribution in [0.15, 0.2) is 42.0 Å². The molecule has 0 saturated heterocycles. The molecule has 0 fully saturated rings. The van der Waals surface area contributed by atoms with Gasteiger partial charge in [0.15, 0.2) is 11.5 Å². The molecular formula is C18H12ClFN2O3. The van der Waals surface area contributed by atoms with Crippen molar-refractivity contribution in [2.45, 2.75) is 0 Å². The Morgan fingerprint density at radius 1 is 1.24 bits per heavy atom. The van der Waals surface area contributed by atoms with E-state index in [2.05, 4.69) is 5.32 Å². The third-order valence-electron chi connectivity index (χ3n) is 3.45. The van der Waals surface area contributed by atoms with E-state index in [0.717, 1.165) is 6.08 Å². The van der Waals surface area contributed by atoms with Crippen LogP contribution >= 0.6 is 11.6 Å². The Labute approximate surface area is 148 Å². The van der Waals surface area contributed by atoms with Gasteiger partial charge in [-0.15, -0.1) is 0 Å². The summed E-state index contributed by atoms with van der Waals surface area (Å²) in [5.41, 5.74) is 0.134. The average Bonchev–Trinajstić information content (AvgIpc) is 2.61. The Morgan fingerprint density at radius 3 is 2.72 bits per heavy atom. The van der Waals surface area contributed by atoms with Crippen molar-refractivity contribution in [3.8, 4) is 17.6 Å². The first-order valence-electron chi connectivity index (χ1n) is 7.35. The van der Waals surface area contributed by atoms with Gasteiger partial charge in [0.05, 0.1) is 5.02 Å². The second-order valence-electron chi connectivity index (χ2n) is 5.12. The van der Waals surface area contributed by atoms with Gasteiger partial charge in [0, 0.05) is 17.3 Å². The van der Waals surface area contributed by atoms with E-state index >= 15 is 0 Å². The number of halogens is 2. The molecule has 7 heteroatoms. The van der Waals surface area contributed by atoms with Crippen LogP contribution in [-0.4, -0.2) is 19.1 Å². The number of nitrogens with zero attached hydrogens (tertiary/aromatic N) is 1. The predicted molar refractivity (Wildman–Crippen MR) is 91.1 cm³/mol. The lowest BCUT2D eigenvalue weighted by molar-refractivity contribution is -0.112. The molecule has 0 saturated carbocycles. The first kappa shape index (κ1) is 16.8. The second kappa shape index (κ2) is 7.24. The lowest BCUT2D eigenvalue weighted by atomic mass is 10.1.